The van der Waals surface area contributed by atoms with Crippen molar-refractivity contribution in [2.24, 2.45) is 17.8 Å². The highest BCUT2D eigenvalue weighted by Gasteiger charge is 2.51. The van der Waals surface area contributed by atoms with Crippen LogP contribution in [-0.4, -0.2) is 17.2 Å². The molecule has 1 N–H and O–H groups in total. The minimum atomic E-state index is 0.145. The minimum absolute atomic E-state index is 0.145. The van der Waals surface area contributed by atoms with Crippen molar-refractivity contribution < 1.29 is 9.59 Å². The average molecular weight is 277 g/mol. The molecule has 3 nitrogen and oxygen atoms in total. The van der Waals surface area contributed by atoms with Gasteiger partial charge in [-0.1, -0.05) is 0 Å². The fraction of sp³-hybridized carbons (Fsp3) is 0.882. The van der Waals surface area contributed by atoms with Gasteiger partial charge in [0, 0.05) is 18.4 Å². The lowest BCUT2D eigenvalue weighted by Gasteiger charge is -2.56. The molecule has 0 aliphatic heterocycles. The van der Waals surface area contributed by atoms with E-state index >= 15 is 0 Å². The first-order chi connectivity index (χ1) is 9.55. The van der Waals surface area contributed by atoms with Gasteiger partial charge in [0.05, 0.1) is 0 Å². The van der Waals surface area contributed by atoms with Gasteiger partial charge in [-0.05, 0) is 76.0 Å². The molecular weight excluding hydrogens is 250 g/mol. The van der Waals surface area contributed by atoms with Crippen LogP contribution in [-0.2, 0) is 9.59 Å². The second kappa shape index (κ2) is 5.50. The third-order valence-electron chi connectivity index (χ3n) is 5.63. The number of Topliss-reactive ketones (excluding diaryl/α,β-unsaturated/α-hetero) is 1. The van der Waals surface area contributed by atoms with Crippen LogP contribution in [0.3, 0.4) is 0 Å². The predicted octanol–water partition coefficient (Wildman–Crippen LogP) is 3.22. The quantitative estimate of drug-likeness (QED) is 0.758. The molecule has 4 aliphatic carbocycles. The van der Waals surface area contributed by atoms with Crippen molar-refractivity contribution in [3.63, 3.8) is 0 Å². The lowest BCUT2D eigenvalue weighted by molar-refractivity contribution is -0.127. The van der Waals surface area contributed by atoms with E-state index in [0.717, 1.165) is 30.6 Å². The highest BCUT2D eigenvalue weighted by Crippen LogP contribution is 2.55. The van der Waals surface area contributed by atoms with Gasteiger partial charge in [0.1, 0.15) is 5.78 Å². The Kier molecular flexibility index (Phi) is 3.87. The summed E-state index contributed by atoms with van der Waals surface area (Å²) in [6.45, 7) is 1.62. The first kappa shape index (κ1) is 14.1. The smallest absolute Gasteiger partial charge is 0.220 e. The van der Waals surface area contributed by atoms with E-state index in [-0.39, 0.29) is 17.2 Å². The molecule has 0 radical (unpaired) electrons. The Morgan fingerprint density at radius 2 is 1.45 bits per heavy atom. The van der Waals surface area contributed by atoms with Crippen molar-refractivity contribution in [2.45, 2.75) is 76.7 Å². The number of nitrogens with one attached hydrogen (secondary N) is 1. The molecule has 0 heterocycles. The number of ketones is 1. The molecule has 112 valence electrons. The highest BCUT2D eigenvalue weighted by atomic mass is 16.1. The largest absolute Gasteiger partial charge is 0.351 e. The van der Waals surface area contributed by atoms with Crippen LogP contribution in [0.2, 0.25) is 0 Å². The molecule has 1 amide bonds. The molecule has 4 aliphatic rings. The van der Waals surface area contributed by atoms with Crippen molar-refractivity contribution in [1.29, 1.82) is 0 Å². The fourth-order valence-electron chi connectivity index (χ4n) is 5.28. The molecule has 0 aromatic rings. The Balaban J connectivity index is 1.47. The second-order valence-electron chi connectivity index (χ2n) is 7.66. The van der Waals surface area contributed by atoms with Crippen LogP contribution < -0.4 is 5.32 Å². The molecule has 0 saturated heterocycles. The minimum Gasteiger partial charge on any atom is -0.351 e. The Bertz CT molecular complexity index is 367. The summed E-state index contributed by atoms with van der Waals surface area (Å²) in [6.07, 6.45) is 10.8. The van der Waals surface area contributed by atoms with Crippen LogP contribution in [0.4, 0.5) is 0 Å². The van der Waals surface area contributed by atoms with Gasteiger partial charge >= 0.3 is 0 Å². The molecule has 0 aromatic carbocycles. The van der Waals surface area contributed by atoms with E-state index in [1.54, 1.807) is 6.92 Å². The monoisotopic (exact) mass is 277 g/mol. The second-order valence-corrected chi connectivity index (χ2v) is 7.66. The summed E-state index contributed by atoms with van der Waals surface area (Å²) in [7, 11) is 0. The van der Waals surface area contributed by atoms with Gasteiger partial charge in [-0.25, -0.2) is 0 Å². The third-order valence-corrected chi connectivity index (χ3v) is 5.63. The van der Waals surface area contributed by atoms with E-state index in [2.05, 4.69) is 5.32 Å². The number of amides is 1. The number of carbonyl (C=O) groups is 2. The van der Waals surface area contributed by atoms with Crippen molar-refractivity contribution in [2.75, 3.05) is 0 Å². The molecule has 0 aromatic heterocycles. The van der Waals surface area contributed by atoms with Gasteiger partial charge in [0.25, 0.3) is 0 Å². The lowest BCUT2D eigenvalue weighted by Crippen LogP contribution is -2.59. The number of hydrogen-bond donors (Lipinski definition) is 1. The molecule has 0 atom stereocenters. The highest BCUT2D eigenvalue weighted by molar-refractivity contribution is 5.77. The zero-order valence-electron chi connectivity index (χ0n) is 12.6. The number of hydrogen-bond acceptors (Lipinski definition) is 2. The summed E-state index contributed by atoms with van der Waals surface area (Å²) < 4.78 is 0. The number of rotatable bonds is 6. The van der Waals surface area contributed by atoms with Crippen molar-refractivity contribution >= 4 is 11.7 Å². The maximum absolute atomic E-state index is 12.2. The Morgan fingerprint density at radius 1 is 0.950 bits per heavy atom. The fourth-order valence-corrected chi connectivity index (χ4v) is 5.28. The summed E-state index contributed by atoms with van der Waals surface area (Å²) >= 11 is 0. The predicted molar refractivity (Wildman–Crippen MR) is 78.2 cm³/mol. The van der Waals surface area contributed by atoms with Gasteiger partial charge in [-0.15, -0.1) is 0 Å². The molecule has 0 spiro atoms. The maximum Gasteiger partial charge on any atom is 0.220 e. The molecule has 4 bridgehead atoms. The molecule has 4 saturated carbocycles. The van der Waals surface area contributed by atoms with Gasteiger partial charge in [0.2, 0.25) is 5.91 Å². The van der Waals surface area contributed by atoms with Crippen LogP contribution in [0.5, 0.6) is 0 Å². The standard InChI is InChI=1S/C17H27NO2/c1-12(19)4-2-3-5-16(20)18-17-9-13-6-14(10-17)8-15(7-13)11-17/h13-15H,2-11H2,1H3,(H,18,20). The van der Waals surface area contributed by atoms with E-state index in [1.165, 1.54) is 38.5 Å². The van der Waals surface area contributed by atoms with Crippen LogP contribution in [0.1, 0.15) is 71.1 Å². The number of unbranched alkanes of at least 4 members (excludes halogenated alkanes) is 1. The van der Waals surface area contributed by atoms with Gasteiger partial charge < -0.3 is 10.1 Å². The van der Waals surface area contributed by atoms with E-state index in [0.29, 0.717) is 12.8 Å². The zero-order chi connectivity index (χ0) is 14.2. The van der Waals surface area contributed by atoms with Crippen molar-refractivity contribution in [3.05, 3.63) is 0 Å². The SMILES string of the molecule is CC(=O)CCCCC(=O)NC12CC3CC(CC(C3)C1)C2. The molecule has 0 unspecified atom stereocenters. The summed E-state index contributed by atoms with van der Waals surface area (Å²) in [5, 5.41) is 3.39. The van der Waals surface area contributed by atoms with Gasteiger partial charge in [0.15, 0.2) is 0 Å². The van der Waals surface area contributed by atoms with E-state index in [1.807, 2.05) is 0 Å². The van der Waals surface area contributed by atoms with Crippen molar-refractivity contribution in [1.82, 2.24) is 5.32 Å². The van der Waals surface area contributed by atoms with Crippen molar-refractivity contribution in [3.8, 4) is 0 Å². The zero-order valence-corrected chi connectivity index (χ0v) is 12.6. The summed E-state index contributed by atoms with van der Waals surface area (Å²) in [6, 6.07) is 0. The van der Waals surface area contributed by atoms with Crippen LogP contribution in [0, 0.1) is 17.8 Å². The molecular formula is C17H27NO2. The first-order valence-corrected chi connectivity index (χ1v) is 8.35. The van der Waals surface area contributed by atoms with Crippen LogP contribution in [0.15, 0.2) is 0 Å². The summed E-state index contributed by atoms with van der Waals surface area (Å²) in [5.41, 5.74) is 0.145. The molecule has 3 heteroatoms. The Labute approximate surface area is 121 Å². The first-order valence-electron chi connectivity index (χ1n) is 8.35. The molecule has 20 heavy (non-hydrogen) atoms. The van der Waals surface area contributed by atoms with E-state index < -0.39 is 0 Å². The van der Waals surface area contributed by atoms with E-state index in [9.17, 15) is 9.59 Å². The summed E-state index contributed by atoms with van der Waals surface area (Å²) in [5.74, 6) is 3.07. The number of carbonyl (C=O) groups excluding carboxylic acids is 2. The normalized spacial score (nSPS) is 38.0. The summed E-state index contributed by atoms with van der Waals surface area (Å²) in [4.78, 5) is 23.1. The molecule has 4 rings (SSSR count). The third kappa shape index (κ3) is 3.07. The van der Waals surface area contributed by atoms with Crippen LogP contribution >= 0.6 is 0 Å². The van der Waals surface area contributed by atoms with Gasteiger partial charge in [-0.3, -0.25) is 4.79 Å². The average Bonchev–Trinajstić information content (AvgIpc) is 2.32. The maximum atomic E-state index is 12.2. The molecule has 4 fully saturated rings. The Hall–Kier alpha value is -0.860. The van der Waals surface area contributed by atoms with Crippen LogP contribution in [0.25, 0.3) is 0 Å². The topological polar surface area (TPSA) is 46.2 Å². The Morgan fingerprint density at radius 3 is 1.95 bits per heavy atom. The lowest BCUT2D eigenvalue weighted by atomic mass is 9.53. The van der Waals surface area contributed by atoms with E-state index in [4.69, 9.17) is 0 Å². The van der Waals surface area contributed by atoms with Gasteiger partial charge in [-0.2, -0.15) is 0 Å².